The maximum atomic E-state index is 12.5. The highest BCUT2D eigenvalue weighted by atomic mass is 16.2. The average molecular weight is 282 g/mol. The molecule has 118 valence electrons. The summed E-state index contributed by atoms with van der Waals surface area (Å²) in [5, 5.41) is 0. The van der Waals surface area contributed by atoms with E-state index in [4.69, 9.17) is 5.73 Å². The van der Waals surface area contributed by atoms with Crippen LogP contribution in [0.2, 0.25) is 0 Å². The summed E-state index contributed by atoms with van der Waals surface area (Å²) >= 11 is 0. The summed E-state index contributed by atoms with van der Waals surface area (Å²) in [7, 11) is 0. The Hall–Kier alpha value is -0.570. The SMILES string of the molecule is CCC1CCCCN1C(=O)CCC(CCN)C(C)(C)C. The first-order valence-corrected chi connectivity index (χ1v) is 8.39. The quantitative estimate of drug-likeness (QED) is 0.809. The van der Waals surface area contributed by atoms with Gasteiger partial charge in [0.1, 0.15) is 0 Å². The molecule has 0 aliphatic carbocycles. The monoisotopic (exact) mass is 282 g/mol. The summed E-state index contributed by atoms with van der Waals surface area (Å²) in [5.74, 6) is 0.907. The molecule has 0 aromatic carbocycles. The third kappa shape index (κ3) is 5.08. The van der Waals surface area contributed by atoms with E-state index >= 15 is 0 Å². The van der Waals surface area contributed by atoms with Gasteiger partial charge in [0.2, 0.25) is 5.91 Å². The Morgan fingerprint density at radius 2 is 2.00 bits per heavy atom. The van der Waals surface area contributed by atoms with E-state index in [1.54, 1.807) is 0 Å². The molecule has 0 aromatic rings. The average Bonchev–Trinajstić information content (AvgIpc) is 2.41. The van der Waals surface area contributed by atoms with E-state index < -0.39 is 0 Å². The molecule has 2 N–H and O–H groups in total. The van der Waals surface area contributed by atoms with Gasteiger partial charge in [-0.1, -0.05) is 27.7 Å². The van der Waals surface area contributed by atoms with Crippen LogP contribution in [-0.2, 0) is 4.79 Å². The van der Waals surface area contributed by atoms with Crippen LogP contribution in [0.3, 0.4) is 0 Å². The predicted octanol–water partition coefficient (Wildman–Crippen LogP) is 3.57. The summed E-state index contributed by atoms with van der Waals surface area (Å²) in [6.45, 7) is 10.7. The molecule has 0 aromatic heterocycles. The van der Waals surface area contributed by atoms with Crippen molar-refractivity contribution in [2.45, 2.75) is 78.7 Å². The van der Waals surface area contributed by atoms with Crippen molar-refractivity contribution < 1.29 is 4.79 Å². The van der Waals surface area contributed by atoms with E-state index in [2.05, 4.69) is 32.6 Å². The van der Waals surface area contributed by atoms with Gasteiger partial charge in [0.05, 0.1) is 0 Å². The molecule has 3 nitrogen and oxygen atoms in total. The molecule has 1 rings (SSSR count). The first-order valence-electron chi connectivity index (χ1n) is 8.39. The molecule has 3 heteroatoms. The van der Waals surface area contributed by atoms with Crippen molar-refractivity contribution in [1.29, 1.82) is 0 Å². The number of hydrogen-bond donors (Lipinski definition) is 1. The lowest BCUT2D eigenvalue weighted by Gasteiger charge is -2.36. The first kappa shape index (κ1) is 17.5. The largest absolute Gasteiger partial charge is 0.340 e. The van der Waals surface area contributed by atoms with Crippen LogP contribution in [0, 0.1) is 11.3 Å². The topological polar surface area (TPSA) is 46.3 Å². The number of likely N-dealkylation sites (tertiary alicyclic amines) is 1. The van der Waals surface area contributed by atoms with Crippen LogP contribution in [0.4, 0.5) is 0 Å². The summed E-state index contributed by atoms with van der Waals surface area (Å²) in [5.41, 5.74) is 5.97. The molecule has 2 atom stereocenters. The van der Waals surface area contributed by atoms with Gasteiger partial charge in [0.15, 0.2) is 0 Å². The second kappa shape index (κ2) is 8.02. The molecule has 1 aliphatic rings. The molecule has 0 spiro atoms. The molecule has 0 saturated carbocycles. The van der Waals surface area contributed by atoms with E-state index in [0.29, 0.717) is 24.3 Å². The number of nitrogens with zero attached hydrogens (tertiary/aromatic N) is 1. The first-order chi connectivity index (χ1) is 9.40. The number of carbonyl (C=O) groups is 1. The molecular formula is C17H34N2O. The minimum Gasteiger partial charge on any atom is -0.340 e. The van der Waals surface area contributed by atoms with Crippen LogP contribution in [-0.4, -0.2) is 29.9 Å². The fourth-order valence-electron chi connectivity index (χ4n) is 3.41. The molecule has 2 unspecified atom stereocenters. The maximum absolute atomic E-state index is 12.5. The number of rotatable bonds is 6. The number of nitrogens with two attached hydrogens (primary N) is 1. The second-order valence-corrected chi connectivity index (χ2v) is 7.32. The molecule has 0 bridgehead atoms. The van der Waals surface area contributed by atoms with E-state index in [9.17, 15) is 4.79 Å². The summed E-state index contributed by atoms with van der Waals surface area (Å²) < 4.78 is 0. The second-order valence-electron chi connectivity index (χ2n) is 7.32. The molecule has 20 heavy (non-hydrogen) atoms. The van der Waals surface area contributed by atoms with E-state index in [-0.39, 0.29) is 5.41 Å². The van der Waals surface area contributed by atoms with Crippen molar-refractivity contribution in [1.82, 2.24) is 4.90 Å². The number of piperidine rings is 1. The fourth-order valence-corrected chi connectivity index (χ4v) is 3.41. The van der Waals surface area contributed by atoms with Gasteiger partial charge in [-0.2, -0.15) is 0 Å². The lowest BCUT2D eigenvalue weighted by molar-refractivity contribution is -0.135. The van der Waals surface area contributed by atoms with Gasteiger partial charge in [-0.3, -0.25) is 4.79 Å². The number of carbonyl (C=O) groups excluding carboxylic acids is 1. The Morgan fingerprint density at radius 3 is 2.55 bits per heavy atom. The van der Waals surface area contributed by atoms with Gasteiger partial charge in [0.25, 0.3) is 0 Å². The van der Waals surface area contributed by atoms with Crippen molar-refractivity contribution in [2.75, 3.05) is 13.1 Å². The maximum Gasteiger partial charge on any atom is 0.222 e. The Bertz CT molecular complexity index is 296. The van der Waals surface area contributed by atoms with Crippen molar-refractivity contribution in [3.63, 3.8) is 0 Å². The van der Waals surface area contributed by atoms with Crippen molar-refractivity contribution in [2.24, 2.45) is 17.1 Å². The van der Waals surface area contributed by atoms with E-state index in [0.717, 1.165) is 32.4 Å². The van der Waals surface area contributed by atoms with Gasteiger partial charge in [-0.15, -0.1) is 0 Å². The highest BCUT2D eigenvalue weighted by Gasteiger charge is 2.28. The van der Waals surface area contributed by atoms with Gasteiger partial charge in [-0.25, -0.2) is 0 Å². The predicted molar refractivity (Wildman–Crippen MR) is 85.5 cm³/mol. The molecule has 1 saturated heterocycles. The van der Waals surface area contributed by atoms with Crippen molar-refractivity contribution in [3.05, 3.63) is 0 Å². The molecule has 1 amide bonds. The Kier molecular flexibility index (Phi) is 7.01. The Balaban J connectivity index is 2.51. The van der Waals surface area contributed by atoms with Crippen molar-refractivity contribution in [3.8, 4) is 0 Å². The zero-order valence-electron chi connectivity index (χ0n) is 14.0. The van der Waals surface area contributed by atoms with Crippen LogP contribution < -0.4 is 5.73 Å². The van der Waals surface area contributed by atoms with Crippen molar-refractivity contribution >= 4 is 5.91 Å². The van der Waals surface area contributed by atoms with Crippen LogP contribution in [0.5, 0.6) is 0 Å². The summed E-state index contributed by atoms with van der Waals surface area (Å²) in [6, 6.07) is 0.485. The molecule has 0 radical (unpaired) electrons. The van der Waals surface area contributed by atoms with E-state index in [1.165, 1.54) is 19.3 Å². The van der Waals surface area contributed by atoms with Crippen LogP contribution in [0.25, 0.3) is 0 Å². The van der Waals surface area contributed by atoms with Crippen LogP contribution in [0.15, 0.2) is 0 Å². The van der Waals surface area contributed by atoms with E-state index in [1.807, 2.05) is 0 Å². The minimum absolute atomic E-state index is 0.242. The van der Waals surface area contributed by atoms with Crippen LogP contribution in [0.1, 0.15) is 72.6 Å². The highest BCUT2D eigenvalue weighted by Crippen LogP contribution is 2.32. The fraction of sp³-hybridized carbons (Fsp3) is 0.941. The third-order valence-electron chi connectivity index (χ3n) is 4.87. The highest BCUT2D eigenvalue weighted by molar-refractivity contribution is 5.76. The lowest BCUT2D eigenvalue weighted by atomic mass is 9.76. The molecule has 1 fully saturated rings. The minimum atomic E-state index is 0.242. The molecule has 1 heterocycles. The molecular weight excluding hydrogens is 248 g/mol. The number of hydrogen-bond acceptors (Lipinski definition) is 2. The normalized spacial score (nSPS) is 21.9. The Morgan fingerprint density at radius 1 is 1.30 bits per heavy atom. The lowest BCUT2D eigenvalue weighted by Crippen LogP contribution is -2.43. The van der Waals surface area contributed by atoms with Gasteiger partial charge in [-0.05, 0) is 56.4 Å². The third-order valence-corrected chi connectivity index (χ3v) is 4.87. The standard InChI is InChI=1S/C17H34N2O/c1-5-15-8-6-7-13-19(15)16(20)10-9-14(11-12-18)17(2,3)4/h14-15H,5-13,18H2,1-4H3. The summed E-state index contributed by atoms with van der Waals surface area (Å²) in [6.07, 6.45) is 7.43. The van der Waals surface area contributed by atoms with Crippen LogP contribution >= 0.6 is 0 Å². The summed E-state index contributed by atoms with van der Waals surface area (Å²) in [4.78, 5) is 14.6. The number of amides is 1. The Labute approximate surface area is 125 Å². The smallest absolute Gasteiger partial charge is 0.222 e. The van der Waals surface area contributed by atoms with Gasteiger partial charge < -0.3 is 10.6 Å². The zero-order chi connectivity index (χ0) is 15.2. The van der Waals surface area contributed by atoms with Gasteiger partial charge in [0, 0.05) is 19.0 Å². The molecule has 1 aliphatic heterocycles. The zero-order valence-corrected chi connectivity index (χ0v) is 14.0. The van der Waals surface area contributed by atoms with Gasteiger partial charge >= 0.3 is 0 Å².